The van der Waals surface area contributed by atoms with E-state index in [0.29, 0.717) is 28.5 Å². The predicted octanol–water partition coefficient (Wildman–Crippen LogP) is -1.24. The van der Waals surface area contributed by atoms with Gasteiger partial charge in [0.2, 0.25) is 11.1 Å². The molecule has 6 amide bonds. The van der Waals surface area contributed by atoms with Gasteiger partial charge in [-0.15, -0.1) is 16.9 Å². The van der Waals surface area contributed by atoms with Crippen molar-refractivity contribution < 1.29 is 33.9 Å². The quantitative estimate of drug-likeness (QED) is 0.109. The smallest absolute Gasteiger partial charge is 0.352 e. The molecular weight excluding hydrogens is 616 g/mol. The van der Waals surface area contributed by atoms with Gasteiger partial charge in [0.05, 0.1) is 0 Å². The summed E-state index contributed by atoms with van der Waals surface area (Å²) in [5.41, 5.74) is 6.83. The lowest BCUT2D eigenvalue weighted by Crippen LogP contribution is -2.71. The number of aliphatic carboxylic acids is 1. The van der Waals surface area contributed by atoms with Crippen molar-refractivity contribution in [2.75, 3.05) is 36.9 Å². The number of β-lactam (4-membered cyclic amide) rings is 1. The Morgan fingerprint density at radius 2 is 1.89 bits per heavy atom. The molecule has 0 saturated carbocycles. The first-order valence-electron chi connectivity index (χ1n) is 13.3. The molecule has 5 rings (SSSR count). The van der Waals surface area contributed by atoms with E-state index in [2.05, 4.69) is 26.2 Å². The molecule has 44 heavy (non-hydrogen) atoms. The van der Waals surface area contributed by atoms with Crippen LogP contribution in [0.1, 0.15) is 18.5 Å². The van der Waals surface area contributed by atoms with E-state index in [1.54, 1.807) is 14.0 Å². The number of nitrogens with one attached hydrogen (secondary N) is 2. The van der Waals surface area contributed by atoms with Crippen LogP contribution in [0.15, 0.2) is 40.7 Å². The van der Waals surface area contributed by atoms with E-state index >= 15 is 0 Å². The molecule has 5 N–H and O–H groups in total. The zero-order chi connectivity index (χ0) is 31.7. The number of imide groups is 1. The molecule has 19 heteroatoms. The highest BCUT2D eigenvalue weighted by Gasteiger charge is 2.54. The van der Waals surface area contributed by atoms with Crippen LogP contribution in [0.5, 0.6) is 0 Å². The Labute approximate surface area is 258 Å². The summed E-state index contributed by atoms with van der Waals surface area (Å²) in [6.07, 6.45) is 0. The molecule has 0 bridgehead atoms. The third-order valence-electron chi connectivity index (χ3n) is 7.24. The second-order valence-corrected chi connectivity index (χ2v) is 12.0. The Bertz CT molecular complexity index is 1560. The van der Waals surface area contributed by atoms with E-state index in [1.165, 1.54) is 57.4 Å². The lowest BCUT2D eigenvalue weighted by molar-refractivity contribution is -0.153. The minimum absolute atomic E-state index is 0.0623. The molecule has 2 aromatic rings. The van der Waals surface area contributed by atoms with Gasteiger partial charge in [0.15, 0.2) is 0 Å². The Morgan fingerprint density at radius 1 is 1.16 bits per heavy atom. The number of piperazine rings is 1. The van der Waals surface area contributed by atoms with Crippen LogP contribution in [-0.4, -0.2) is 118 Å². The summed E-state index contributed by atoms with van der Waals surface area (Å²) >= 11 is 2.51. The molecule has 0 aliphatic carbocycles. The zero-order valence-electron chi connectivity index (χ0n) is 23.5. The molecule has 0 unspecified atom stereocenters. The lowest BCUT2D eigenvalue weighted by atomic mass is 10.0. The number of carbonyl (C=O) groups excluding carboxylic acids is 5. The van der Waals surface area contributed by atoms with E-state index in [4.69, 9.17) is 5.73 Å². The average Bonchev–Trinajstić information content (AvgIpc) is 3.42. The number of likely N-dealkylation sites (N-methyl/N-ethyl adjacent to an activating group) is 1. The van der Waals surface area contributed by atoms with Gasteiger partial charge in [-0.2, -0.15) is 0 Å². The number of amides is 6. The number of nitrogens with two attached hydrogens (primary N) is 1. The first kappa shape index (κ1) is 30.8. The molecule has 2 saturated heterocycles. The number of fused-ring (bicyclic) bond motifs is 1. The van der Waals surface area contributed by atoms with Crippen LogP contribution in [0.4, 0.5) is 10.5 Å². The molecule has 2 fully saturated rings. The zero-order valence-corrected chi connectivity index (χ0v) is 25.1. The number of hydrogen-bond donors (Lipinski definition) is 4. The summed E-state index contributed by atoms with van der Waals surface area (Å²) in [4.78, 5) is 80.3. The van der Waals surface area contributed by atoms with Crippen LogP contribution in [0.25, 0.3) is 0 Å². The predicted molar refractivity (Wildman–Crippen MR) is 155 cm³/mol. The van der Waals surface area contributed by atoms with Crippen LogP contribution in [-0.2, 0) is 31.0 Å². The number of carbonyl (C=O) groups is 6. The Balaban J connectivity index is 1.31. The van der Waals surface area contributed by atoms with Crippen molar-refractivity contribution in [2.45, 2.75) is 29.5 Å². The van der Waals surface area contributed by atoms with Gasteiger partial charge in [-0.3, -0.25) is 29.0 Å². The number of rotatable bonds is 9. The molecule has 1 aromatic carbocycles. The third-order valence-corrected chi connectivity index (χ3v) is 9.68. The highest BCUT2D eigenvalue weighted by atomic mass is 32.2. The Kier molecular flexibility index (Phi) is 8.77. The highest BCUT2D eigenvalue weighted by molar-refractivity contribution is 8.01. The van der Waals surface area contributed by atoms with Crippen LogP contribution >= 0.6 is 23.5 Å². The molecule has 232 valence electrons. The second-order valence-electron chi connectivity index (χ2n) is 9.92. The summed E-state index contributed by atoms with van der Waals surface area (Å²) in [5.74, 6) is -4.03. The Morgan fingerprint density at radius 3 is 2.52 bits per heavy atom. The summed E-state index contributed by atoms with van der Waals surface area (Å²) in [5, 5.41) is 26.0. The van der Waals surface area contributed by atoms with Crippen molar-refractivity contribution >= 4 is 64.8 Å². The molecule has 4 heterocycles. The molecule has 0 spiro atoms. The topological polar surface area (TPSA) is 226 Å². The molecule has 17 nitrogen and oxygen atoms in total. The van der Waals surface area contributed by atoms with Crippen LogP contribution in [0.2, 0.25) is 0 Å². The summed E-state index contributed by atoms with van der Waals surface area (Å²) in [6, 6.07) is 2.65. The number of hydrogen-bond acceptors (Lipinski definition) is 12. The lowest BCUT2D eigenvalue weighted by Gasteiger charge is -2.49. The van der Waals surface area contributed by atoms with E-state index in [-0.39, 0.29) is 30.3 Å². The highest BCUT2D eigenvalue weighted by Crippen LogP contribution is 2.41. The number of carboxylic acid groups (broad SMARTS) is 1. The molecule has 3 atom stereocenters. The van der Waals surface area contributed by atoms with Gasteiger partial charge in [-0.1, -0.05) is 23.9 Å². The van der Waals surface area contributed by atoms with Gasteiger partial charge in [-0.25, -0.2) is 14.3 Å². The molecule has 0 radical (unpaired) electrons. The Hall–Kier alpha value is -4.65. The first-order chi connectivity index (χ1) is 21.0. The summed E-state index contributed by atoms with van der Waals surface area (Å²) in [7, 11) is 1.65. The van der Waals surface area contributed by atoms with Crippen molar-refractivity contribution in [3.8, 4) is 0 Å². The number of aryl methyl sites for hydroxylation is 1. The van der Waals surface area contributed by atoms with Gasteiger partial charge in [0.25, 0.3) is 5.91 Å². The minimum Gasteiger partial charge on any atom is -0.477 e. The van der Waals surface area contributed by atoms with E-state index in [0.717, 1.165) is 9.80 Å². The fraction of sp³-hybridized carbons (Fsp3) is 0.400. The van der Waals surface area contributed by atoms with Crippen LogP contribution in [0.3, 0.4) is 0 Å². The van der Waals surface area contributed by atoms with Crippen molar-refractivity contribution in [3.63, 3.8) is 0 Å². The number of tetrazole rings is 1. The fourth-order valence-electron chi connectivity index (χ4n) is 4.89. The van der Waals surface area contributed by atoms with Gasteiger partial charge in [0.1, 0.15) is 23.2 Å². The van der Waals surface area contributed by atoms with Crippen LogP contribution in [0, 0.1) is 0 Å². The number of anilines is 1. The van der Waals surface area contributed by atoms with Gasteiger partial charge in [0, 0.05) is 43.9 Å². The maximum atomic E-state index is 13.6. The number of urea groups is 1. The number of nitrogen functional groups attached to an aromatic ring is 1. The molecule has 3 aliphatic heterocycles. The summed E-state index contributed by atoms with van der Waals surface area (Å²) < 4.78 is 1.44. The van der Waals surface area contributed by atoms with Crippen molar-refractivity contribution in [1.82, 2.24) is 45.5 Å². The van der Waals surface area contributed by atoms with Crippen LogP contribution < -0.4 is 16.4 Å². The van der Waals surface area contributed by atoms with Gasteiger partial charge in [-0.05, 0) is 40.6 Å². The molecule has 1 aromatic heterocycles. The SMILES string of the molecule is CCN1CCN(C(=O)N[C@H](C(=O)N[C@@H]2C(=O)N3C(C(=O)O)=C(CSc4nnnn4C)CS[C@H]23)c2ccc(N)cc2)C(=O)C1=O. The standard InChI is InChI=1S/C25H28N10O7S2/c1-3-33-8-9-34(21(39)20(33)38)24(42)28-15(12-4-6-14(26)7-5-12)18(36)27-16-19(37)35-17(23(40)41)13(10-43-22(16)35)11-44-25-29-30-31-32(25)2/h4-7,15-16,22H,3,8-11,26H2,1-2H3,(H,27,36)(H,28,42)(H,40,41)/t15-,16+,22+/m0/s1. The molecule has 3 aliphatic rings. The number of carboxylic acids is 1. The normalized spacial score (nSPS) is 20.7. The maximum absolute atomic E-state index is 13.6. The first-order valence-corrected chi connectivity index (χ1v) is 15.4. The van der Waals surface area contributed by atoms with Crippen molar-refractivity contribution in [2.24, 2.45) is 7.05 Å². The number of aromatic nitrogens is 4. The number of nitrogens with zero attached hydrogens (tertiary/aromatic N) is 7. The van der Waals surface area contributed by atoms with Gasteiger partial charge < -0.3 is 26.4 Å². The number of thioether (sulfide) groups is 2. The largest absolute Gasteiger partial charge is 0.477 e. The summed E-state index contributed by atoms with van der Waals surface area (Å²) in [6.45, 7) is 2.10. The van der Waals surface area contributed by atoms with Gasteiger partial charge >= 0.3 is 23.8 Å². The maximum Gasteiger partial charge on any atom is 0.352 e. The number of benzene rings is 1. The molecular formula is C25H28N10O7S2. The average molecular weight is 645 g/mol. The van der Waals surface area contributed by atoms with E-state index in [9.17, 15) is 33.9 Å². The van der Waals surface area contributed by atoms with E-state index in [1.807, 2.05) is 0 Å². The fourth-order valence-corrected chi connectivity index (χ4v) is 7.22. The third kappa shape index (κ3) is 5.79. The second kappa shape index (κ2) is 12.5. The van der Waals surface area contributed by atoms with Crippen molar-refractivity contribution in [1.29, 1.82) is 0 Å². The van der Waals surface area contributed by atoms with E-state index < -0.39 is 53.1 Å². The minimum atomic E-state index is -1.37. The monoisotopic (exact) mass is 644 g/mol. The van der Waals surface area contributed by atoms with Crippen molar-refractivity contribution in [3.05, 3.63) is 41.1 Å².